The molecule has 1 aliphatic heterocycles. The molecule has 1 fully saturated rings. The van der Waals surface area contributed by atoms with Crippen molar-refractivity contribution >= 4 is 0 Å². The van der Waals surface area contributed by atoms with E-state index >= 15 is 0 Å². The van der Waals surface area contributed by atoms with Gasteiger partial charge in [-0.05, 0) is 50.1 Å². The second-order valence-electron chi connectivity index (χ2n) is 5.85. The zero-order valence-corrected chi connectivity index (χ0v) is 11.4. The van der Waals surface area contributed by atoms with Crippen molar-refractivity contribution in [2.75, 3.05) is 13.2 Å². The second-order valence-corrected chi connectivity index (χ2v) is 5.85. The molecule has 17 heavy (non-hydrogen) atoms. The van der Waals surface area contributed by atoms with Crippen LogP contribution in [0.5, 0.6) is 0 Å². The maximum Gasteiger partial charge on any atom is 0.109 e. The normalized spacial score (nSPS) is 25.2. The molecule has 0 aromatic rings. The van der Waals surface area contributed by atoms with Crippen molar-refractivity contribution in [3.8, 4) is 0 Å². The van der Waals surface area contributed by atoms with E-state index in [9.17, 15) is 0 Å². The van der Waals surface area contributed by atoms with E-state index in [1.54, 1.807) is 0 Å². The van der Waals surface area contributed by atoms with Gasteiger partial charge in [-0.1, -0.05) is 26.7 Å². The molecule has 0 amide bonds. The molecule has 0 bridgehead atoms. The predicted octanol–water partition coefficient (Wildman–Crippen LogP) is 3.63. The maximum absolute atomic E-state index is 5.91. The Labute approximate surface area is 106 Å². The molecule has 0 radical (unpaired) electrons. The van der Waals surface area contributed by atoms with Crippen LogP contribution in [-0.2, 0) is 4.74 Å². The highest BCUT2D eigenvalue weighted by Crippen LogP contribution is 2.43. The lowest BCUT2D eigenvalue weighted by Gasteiger charge is -2.37. The lowest BCUT2D eigenvalue weighted by molar-refractivity contribution is 0.119. The SMILES string of the molecule is CCCNC(C1=CCCCO1)C1(C)CCCC1. The van der Waals surface area contributed by atoms with Crippen molar-refractivity contribution in [3.05, 3.63) is 11.8 Å². The van der Waals surface area contributed by atoms with Crippen molar-refractivity contribution in [3.63, 3.8) is 0 Å². The molecule has 1 unspecified atom stereocenters. The molecule has 0 saturated heterocycles. The molecule has 98 valence electrons. The average molecular weight is 237 g/mol. The van der Waals surface area contributed by atoms with E-state index in [-0.39, 0.29) is 0 Å². The zero-order valence-electron chi connectivity index (χ0n) is 11.4. The van der Waals surface area contributed by atoms with E-state index in [0.29, 0.717) is 11.5 Å². The lowest BCUT2D eigenvalue weighted by atomic mass is 9.79. The molecule has 0 spiro atoms. The molecule has 1 saturated carbocycles. The van der Waals surface area contributed by atoms with Crippen LogP contribution < -0.4 is 5.32 Å². The van der Waals surface area contributed by atoms with Crippen LogP contribution in [-0.4, -0.2) is 19.2 Å². The Balaban J connectivity index is 2.08. The van der Waals surface area contributed by atoms with Gasteiger partial charge in [-0.15, -0.1) is 0 Å². The predicted molar refractivity (Wildman–Crippen MR) is 71.9 cm³/mol. The quantitative estimate of drug-likeness (QED) is 0.788. The van der Waals surface area contributed by atoms with Gasteiger partial charge in [0.25, 0.3) is 0 Å². The Kier molecular flexibility index (Phi) is 4.49. The fourth-order valence-corrected chi connectivity index (χ4v) is 3.23. The molecule has 0 aromatic carbocycles. The minimum atomic E-state index is 0.415. The summed E-state index contributed by atoms with van der Waals surface area (Å²) in [6.45, 7) is 6.68. The third-order valence-corrected chi connectivity index (χ3v) is 4.29. The van der Waals surface area contributed by atoms with Crippen LogP contribution in [0.1, 0.15) is 58.8 Å². The Bertz CT molecular complexity index is 266. The summed E-state index contributed by atoms with van der Waals surface area (Å²) < 4.78 is 5.91. The van der Waals surface area contributed by atoms with Crippen molar-refractivity contribution in [2.24, 2.45) is 5.41 Å². The number of ether oxygens (including phenoxy) is 1. The van der Waals surface area contributed by atoms with Crippen LogP contribution in [0.4, 0.5) is 0 Å². The first-order valence-electron chi connectivity index (χ1n) is 7.32. The topological polar surface area (TPSA) is 21.3 Å². The molecule has 1 atom stereocenters. The van der Waals surface area contributed by atoms with E-state index in [2.05, 4.69) is 25.2 Å². The van der Waals surface area contributed by atoms with E-state index in [0.717, 1.165) is 13.2 Å². The van der Waals surface area contributed by atoms with Crippen LogP contribution in [0.15, 0.2) is 11.8 Å². The largest absolute Gasteiger partial charge is 0.497 e. The van der Waals surface area contributed by atoms with Crippen molar-refractivity contribution in [1.82, 2.24) is 5.32 Å². The van der Waals surface area contributed by atoms with E-state index in [4.69, 9.17) is 4.74 Å². The van der Waals surface area contributed by atoms with Crippen molar-refractivity contribution in [1.29, 1.82) is 0 Å². The standard InChI is InChI=1S/C15H27NO/c1-3-11-16-14(13-8-4-7-12-17-13)15(2)9-5-6-10-15/h8,14,16H,3-7,9-12H2,1-2H3. The van der Waals surface area contributed by atoms with Crippen LogP contribution in [0.25, 0.3) is 0 Å². The number of hydrogen-bond acceptors (Lipinski definition) is 2. The fraction of sp³-hybridized carbons (Fsp3) is 0.867. The first-order valence-corrected chi connectivity index (χ1v) is 7.32. The molecule has 2 aliphatic rings. The number of rotatable bonds is 5. The van der Waals surface area contributed by atoms with E-state index in [1.165, 1.54) is 50.7 Å². The van der Waals surface area contributed by atoms with Crippen LogP contribution in [0.2, 0.25) is 0 Å². The Morgan fingerprint density at radius 2 is 2.12 bits per heavy atom. The number of allylic oxidation sites excluding steroid dienone is 1. The van der Waals surface area contributed by atoms with Gasteiger partial charge >= 0.3 is 0 Å². The maximum atomic E-state index is 5.91. The summed E-state index contributed by atoms with van der Waals surface area (Å²) in [5.41, 5.74) is 0.415. The molecule has 2 rings (SSSR count). The molecular formula is C15H27NO. The molecule has 2 nitrogen and oxygen atoms in total. The lowest BCUT2D eigenvalue weighted by Crippen LogP contribution is -2.45. The Hall–Kier alpha value is -0.500. The third-order valence-electron chi connectivity index (χ3n) is 4.29. The minimum absolute atomic E-state index is 0.415. The molecule has 2 heteroatoms. The summed E-state index contributed by atoms with van der Waals surface area (Å²) >= 11 is 0. The van der Waals surface area contributed by atoms with Gasteiger partial charge in [0.05, 0.1) is 12.6 Å². The first-order chi connectivity index (χ1) is 8.26. The van der Waals surface area contributed by atoms with Crippen LogP contribution in [0.3, 0.4) is 0 Å². The van der Waals surface area contributed by atoms with Crippen LogP contribution >= 0.6 is 0 Å². The highest BCUT2D eigenvalue weighted by atomic mass is 16.5. The summed E-state index contributed by atoms with van der Waals surface area (Å²) in [5.74, 6) is 1.23. The van der Waals surface area contributed by atoms with Gasteiger partial charge in [0.15, 0.2) is 0 Å². The van der Waals surface area contributed by atoms with Crippen molar-refractivity contribution in [2.45, 2.75) is 64.8 Å². The van der Waals surface area contributed by atoms with Gasteiger partial charge in [-0.3, -0.25) is 0 Å². The average Bonchev–Trinajstić information content (AvgIpc) is 2.79. The summed E-state index contributed by atoms with van der Waals surface area (Å²) in [6.07, 6.45) is 11.3. The van der Waals surface area contributed by atoms with Gasteiger partial charge in [-0.25, -0.2) is 0 Å². The first kappa shape index (κ1) is 12.9. The Morgan fingerprint density at radius 3 is 2.71 bits per heavy atom. The fourth-order valence-electron chi connectivity index (χ4n) is 3.23. The van der Waals surface area contributed by atoms with Crippen LogP contribution in [0, 0.1) is 5.41 Å². The monoisotopic (exact) mass is 237 g/mol. The van der Waals surface area contributed by atoms with E-state index in [1.807, 2.05) is 0 Å². The number of nitrogens with one attached hydrogen (secondary N) is 1. The summed E-state index contributed by atoms with van der Waals surface area (Å²) in [5, 5.41) is 3.73. The third kappa shape index (κ3) is 3.04. The summed E-state index contributed by atoms with van der Waals surface area (Å²) in [6, 6.07) is 0.449. The van der Waals surface area contributed by atoms with Crippen molar-refractivity contribution < 1.29 is 4.74 Å². The molecule has 1 heterocycles. The molecule has 1 aliphatic carbocycles. The second kappa shape index (κ2) is 5.90. The Morgan fingerprint density at radius 1 is 1.35 bits per heavy atom. The smallest absolute Gasteiger partial charge is 0.109 e. The minimum Gasteiger partial charge on any atom is -0.497 e. The van der Waals surface area contributed by atoms with Gasteiger partial charge in [0.1, 0.15) is 5.76 Å². The molecule has 0 aromatic heterocycles. The van der Waals surface area contributed by atoms with Gasteiger partial charge < -0.3 is 10.1 Å². The highest BCUT2D eigenvalue weighted by Gasteiger charge is 2.39. The van der Waals surface area contributed by atoms with Gasteiger partial charge in [0, 0.05) is 0 Å². The summed E-state index contributed by atoms with van der Waals surface area (Å²) in [7, 11) is 0. The summed E-state index contributed by atoms with van der Waals surface area (Å²) in [4.78, 5) is 0. The van der Waals surface area contributed by atoms with Gasteiger partial charge in [0.2, 0.25) is 0 Å². The van der Waals surface area contributed by atoms with E-state index < -0.39 is 0 Å². The van der Waals surface area contributed by atoms with Gasteiger partial charge in [-0.2, -0.15) is 0 Å². The highest BCUT2D eigenvalue weighted by molar-refractivity contribution is 5.12. The molecular weight excluding hydrogens is 210 g/mol. The molecule has 1 N–H and O–H groups in total. The number of hydrogen-bond donors (Lipinski definition) is 1. The zero-order chi connectivity index (χ0) is 12.1.